The van der Waals surface area contributed by atoms with Crippen LogP contribution in [0.5, 0.6) is 0 Å². The lowest BCUT2D eigenvalue weighted by atomic mass is 10.3. The van der Waals surface area contributed by atoms with Gasteiger partial charge in [-0.2, -0.15) is 0 Å². The van der Waals surface area contributed by atoms with E-state index in [1.165, 1.54) is 6.26 Å². The number of carbonyl (C=O) groups excluding carboxylic acids is 1. The molecule has 15 heavy (non-hydrogen) atoms. The van der Waals surface area contributed by atoms with Crippen molar-refractivity contribution in [2.45, 2.75) is 26.9 Å². The van der Waals surface area contributed by atoms with Crippen LogP contribution in [0.4, 0.5) is 0 Å². The molecule has 1 atom stereocenters. The molecular weight excluding hydrogens is 196 g/mol. The van der Waals surface area contributed by atoms with Crippen LogP contribution in [0.15, 0.2) is 16.7 Å². The van der Waals surface area contributed by atoms with Gasteiger partial charge >= 0.3 is 5.97 Å². The molecule has 0 aliphatic rings. The van der Waals surface area contributed by atoms with Crippen molar-refractivity contribution < 1.29 is 18.7 Å². The summed E-state index contributed by atoms with van der Waals surface area (Å²) in [7, 11) is 0. The van der Waals surface area contributed by atoms with Gasteiger partial charge in [0, 0.05) is 12.2 Å². The molecule has 1 heterocycles. The molecule has 0 aliphatic heterocycles. The lowest BCUT2D eigenvalue weighted by molar-refractivity contribution is 0.00169. The van der Waals surface area contributed by atoms with Gasteiger partial charge in [0.15, 0.2) is 0 Å². The molecule has 0 aliphatic carbocycles. The van der Waals surface area contributed by atoms with Crippen LogP contribution in [0.3, 0.4) is 0 Å². The monoisotopic (exact) mass is 212 g/mol. The van der Waals surface area contributed by atoms with Crippen molar-refractivity contribution in [3.05, 3.63) is 23.7 Å². The Morgan fingerprint density at radius 3 is 2.87 bits per heavy atom. The smallest absolute Gasteiger partial charge is 0.374 e. The molecule has 4 heteroatoms. The molecule has 0 saturated carbocycles. The first-order chi connectivity index (χ1) is 7.15. The minimum atomic E-state index is -0.440. The number of furan rings is 1. The summed E-state index contributed by atoms with van der Waals surface area (Å²) in [6.45, 7) is 6.49. The van der Waals surface area contributed by atoms with Crippen molar-refractivity contribution in [3.63, 3.8) is 0 Å². The van der Waals surface area contributed by atoms with Gasteiger partial charge in [0.05, 0.1) is 12.9 Å². The lowest BCUT2D eigenvalue weighted by Gasteiger charge is -2.11. The third kappa shape index (κ3) is 3.40. The van der Waals surface area contributed by atoms with Crippen molar-refractivity contribution in [2.75, 3.05) is 13.2 Å². The highest BCUT2D eigenvalue weighted by Crippen LogP contribution is 2.11. The Hall–Kier alpha value is -1.29. The van der Waals surface area contributed by atoms with Gasteiger partial charge in [-0.15, -0.1) is 0 Å². The predicted octanol–water partition coefficient (Wildman–Crippen LogP) is 2.17. The van der Waals surface area contributed by atoms with Crippen molar-refractivity contribution in [1.82, 2.24) is 0 Å². The highest BCUT2D eigenvalue weighted by molar-refractivity contribution is 5.87. The van der Waals surface area contributed by atoms with E-state index in [9.17, 15) is 4.79 Å². The Bertz CT molecular complexity index is 316. The van der Waals surface area contributed by atoms with Crippen molar-refractivity contribution in [3.8, 4) is 0 Å². The SMILES string of the molecule is CCOCC(C)OC(=O)c1occc1C. The summed E-state index contributed by atoms with van der Waals surface area (Å²) >= 11 is 0. The van der Waals surface area contributed by atoms with Gasteiger partial charge in [0.1, 0.15) is 6.10 Å². The van der Waals surface area contributed by atoms with Gasteiger partial charge in [0.25, 0.3) is 0 Å². The van der Waals surface area contributed by atoms with Crippen LogP contribution >= 0.6 is 0 Å². The molecule has 1 aromatic rings. The van der Waals surface area contributed by atoms with E-state index in [2.05, 4.69) is 0 Å². The van der Waals surface area contributed by atoms with Crippen molar-refractivity contribution in [2.24, 2.45) is 0 Å². The van der Waals surface area contributed by atoms with E-state index < -0.39 is 5.97 Å². The molecule has 1 aromatic heterocycles. The van der Waals surface area contributed by atoms with Crippen molar-refractivity contribution in [1.29, 1.82) is 0 Å². The van der Waals surface area contributed by atoms with E-state index in [1.54, 1.807) is 19.9 Å². The van der Waals surface area contributed by atoms with Gasteiger partial charge in [-0.3, -0.25) is 0 Å². The lowest BCUT2D eigenvalue weighted by Crippen LogP contribution is -2.20. The number of ether oxygens (including phenoxy) is 2. The fourth-order valence-electron chi connectivity index (χ4n) is 1.14. The van der Waals surface area contributed by atoms with Crippen LogP contribution in [0, 0.1) is 6.92 Å². The zero-order valence-corrected chi connectivity index (χ0v) is 9.28. The summed E-state index contributed by atoms with van der Waals surface area (Å²) in [4.78, 5) is 11.5. The molecular formula is C11H16O4. The summed E-state index contributed by atoms with van der Waals surface area (Å²) in [5.74, 6) is -0.178. The molecule has 0 aromatic carbocycles. The Morgan fingerprint density at radius 1 is 1.60 bits per heavy atom. The highest BCUT2D eigenvalue weighted by Gasteiger charge is 2.17. The molecule has 1 rings (SSSR count). The van der Waals surface area contributed by atoms with E-state index >= 15 is 0 Å². The maximum Gasteiger partial charge on any atom is 0.374 e. The maximum absolute atomic E-state index is 11.5. The summed E-state index contributed by atoms with van der Waals surface area (Å²) < 4.78 is 15.3. The van der Waals surface area contributed by atoms with Crippen LogP contribution in [0.1, 0.15) is 30.0 Å². The number of hydrogen-bond donors (Lipinski definition) is 0. The van der Waals surface area contributed by atoms with E-state index in [0.717, 1.165) is 5.56 Å². The van der Waals surface area contributed by atoms with Crippen LogP contribution in [0.25, 0.3) is 0 Å². The standard InChI is InChI=1S/C11H16O4/c1-4-13-7-9(3)15-11(12)10-8(2)5-6-14-10/h5-6,9H,4,7H2,1-3H3. The van der Waals surface area contributed by atoms with Crippen LogP contribution in [0.2, 0.25) is 0 Å². The van der Waals surface area contributed by atoms with E-state index in [1.807, 2.05) is 6.92 Å². The fourth-order valence-corrected chi connectivity index (χ4v) is 1.14. The summed E-state index contributed by atoms with van der Waals surface area (Å²) in [5, 5.41) is 0. The molecule has 0 amide bonds. The molecule has 84 valence electrons. The number of aryl methyl sites for hydroxylation is 1. The molecule has 0 radical (unpaired) electrons. The molecule has 4 nitrogen and oxygen atoms in total. The largest absolute Gasteiger partial charge is 0.457 e. The Labute approximate surface area is 89.2 Å². The van der Waals surface area contributed by atoms with E-state index in [0.29, 0.717) is 13.2 Å². The minimum absolute atomic E-state index is 0.262. The Balaban J connectivity index is 2.46. The summed E-state index contributed by atoms with van der Waals surface area (Å²) in [5.41, 5.74) is 0.781. The topological polar surface area (TPSA) is 48.7 Å². The second kappa shape index (κ2) is 5.56. The first-order valence-electron chi connectivity index (χ1n) is 4.98. The molecule has 0 N–H and O–H groups in total. The number of esters is 1. The molecule has 1 unspecified atom stereocenters. The second-order valence-electron chi connectivity index (χ2n) is 3.31. The average molecular weight is 212 g/mol. The van der Waals surface area contributed by atoms with Gasteiger partial charge in [-0.25, -0.2) is 4.79 Å². The van der Waals surface area contributed by atoms with Crippen LogP contribution < -0.4 is 0 Å². The minimum Gasteiger partial charge on any atom is -0.457 e. The second-order valence-corrected chi connectivity index (χ2v) is 3.31. The number of rotatable bonds is 5. The van der Waals surface area contributed by atoms with Gasteiger partial charge < -0.3 is 13.9 Å². The molecule has 0 saturated heterocycles. The molecule has 0 bridgehead atoms. The average Bonchev–Trinajstić information content (AvgIpc) is 2.61. The fraction of sp³-hybridized carbons (Fsp3) is 0.545. The number of carbonyl (C=O) groups is 1. The highest BCUT2D eigenvalue weighted by atomic mass is 16.6. The zero-order valence-electron chi connectivity index (χ0n) is 9.28. The predicted molar refractivity (Wildman–Crippen MR) is 54.8 cm³/mol. The first-order valence-corrected chi connectivity index (χ1v) is 4.98. The summed E-state index contributed by atoms with van der Waals surface area (Å²) in [6, 6.07) is 1.73. The maximum atomic E-state index is 11.5. The van der Waals surface area contributed by atoms with E-state index in [-0.39, 0.29) is 11.9 Å². The normalized spacial score (nSPS) is 12.5. The van der Waals surface area contributed by atoms with Gasteiger partial charge in [-0.1, -0.05) is 0 Å². The van der Waals surface area contributed by atoms with Crippen molar-refractivity contribution >= 4 is 5.97 Å². The third-order valence-corrected chi connectivity index (χ3v) is 1.91. The number of hydrogen-bond acceptors (Lipinski definition) is 4. The summed E-state index contributed by atoms with van der Waals surface area (Å²) in [6.07, 6.45) is 1.21. The quantitative estimate of drug-likeness (QED) is 0.702. The Morgan fingerprint density at radius 2 is 2.33 bits per heavy atom. The third-order valence-electron chi connectivity index (χ3n) is 1.91. The van der Waals surface area contributed by atoms with E-state index in [4.69, 9.17) is 13.9 Å². The molecule has 0 fully saturated rings. The van der Waals surface area contributed by atoms with Gasteiger partial charge in [-0.05, 0) is 26.8 Å². The molecule has 0 spiro atoms. The van der Waals surface area contributed by atoms with Crippen LogP contribution in [-0.2, 0) is 9.47 Å². The van der Waals surface area contributed by atoms with Crippen LogP contribution in [-0.4, -0.2) is 25.3 Å². The zero-order chi connectivity index (χ0) is 11.3. The Kier molecular flexibility index (Phi) is 4.37. The van der Waals surface area contributed by atoms with Gasteiger partial charge in [0.2, 0.25) is 5.76 Å². The first kappa shape index (κ1) is 11.8.